The molecule has 0 atom stereocenters. The summed E-state index contributed by atoms with van der Waals surface area (Å²) in [5, 5.41) is 9.27. The Hall–Kier alpha value is -3.86. The molecule has 4 aromatic rings. The zero-order valence-corrected chi connectivity index (χ0v) is 14.9. The molecular weight excluding hydrogens is 381 g/mol. The van der Waals surface area contributed by atoms with Crippen LogP contribution in [0.5, 0.6) is 0 Å². The Morgan fingerprint density at radius 1 is 1.07 bits per heavy atom. The second kappa shape index (κ2) is 7.28. The molecule has 0 radical (unpaired) electrons. The summed E-state index contributed by atoms with van der Waals surface area (Å²) in [4.78, 5) is 16.5. The molecule has 0 aliphatic heterocycles. The van der Waals surface area contributed by atoms with Gasteiger partial charge >= 0.3 is 0 Å². The molecule has 2 aromatic heterocycles. The second-order valence-corrected chi connectivity index (χ2v) is 6.32. The smallest absolute Gasteiger partial charge is 0.294 e. The van der Waals surface area contributed by atoms with Crippen LogP contribution in [0.2, 0.25) is 0 Å². The third kappa shape index (κ3) is 3.17. The molecule has 0 amide bonds. The Labute approximate surface area is 162 Å². The van der Waals surface area contributed by atoms with E-state index in [1.807, 2.05) is 6.07 Å². The van der Waals surface area contributed by atoms with Gasteiger partial charge in [-0.25, -0.2) is 18.2 Å². The maximum Gasteiger partial charge on any atom is 0.294 e. The molecule has 0 saturated heterocycles. The molecule has 8 heteroatoms. The van der Waals surface area contributed by atoms with Crippen molar-refractivity contribution in [3.05, 3.63) is 82.5 Å². The highest BCUT2D eigenvalue weighted by atomic mass is 19.1. The topological polar surface area (TPSA) is 63.1 Å². The van der Waals surface area contributed by atoms with E-state index in [1.54, 1.807) is 6.20 Å². The number of fused-ring (bicyclic) bond motifs is 1. The molecule has 0 N–H and O–H groups in total. The summed E-state index contributed by atoms with van der Waals surface area (Å²) >= 11 is 0. The molecule has 0 saturated carbocycles. The lowest BCUT2D eigenvalue weighted by Gasteiger charge is -2.09. The molecule has 0 spiro atoms. The van der Waals surface area contributed by atoms with Gasteiger partial charge in [-0.2, -0.15) is 5.26 Å². The summed E-state index contributed by atoms with van der Waals surface area (Å²) in [5.41, 5.74) is 1.13. The number of benzene rings is 2. The molecule has 0 aliphatic rings. The molecule has 0 unspecified atom stereocenters. The van der Waals surface area contributed by atoms with E-state index in [0.717, 1.165) is 12.1 Å². The van der Waals surface area contributed by atoms with E-state index in [2.05, 4.69) is 4.98 Å². The lowest BCUT2D eigenvalue weighted by atomic mass is 9.97. The van der Waals surface area contributed by atoms with E-state index < -0.39 is 23.9 Å². The van der Waals surface area contributed by atoms with E-state index in [0.29, 0.717) is 11.3 Å². The van der Waals surface area contributed by atoms with Crippen molar-refractivity contribution in [1.82, 2.24) is 14.0 Å². The Kier molecular flexibility index (Phi) is 4.64. The van der Waals surface area contributed by atoms with Crippen LogP contribution in [0.15, 0.2) is 59.8 Å². The van der Waals surface area contributed by atoms with Gasteiger partial charge in [0.25, 0.3) is 5.56 Å². The SMILES string of the molecule is N#Cc1cc(F)ccc1-c1cc(-c2cnc3c(=O)n(CCF)ccn23)ccc1F. The van der Waals surface area contributed by atoms with Crippen molar-refractivity contribution < 1.29 is 13.2 Å². The number of imidazole rings is 1. The number of hydrogen-bond acceptors (Lipinski definition) is 3. The van der Waals surface area contributed by atoms with Gasteiger partial charge in [0, 0.05) is 29.1 Å². The highest BCUT2D eigenvalue weighted by Gasteiger charge is 2.15. The van der Waals surface area contributed by atoms with Gasteiger partial charge in [-0.3, -0.25) is 9.20 Å². The summed E-state index contributed by atoms with van der Waals surface area (Å²) in [6.45, 7) is -0.746. The Morgan fingerprint density at radius 2 is 1.90 bits per heavy atom. The van der Waals surface area contributed by atoms with Gasteiger partial charge in [0.05, 0.1) is 30.1 Å². The zero-order chi connectivity index (χ0) is 20.5. The average Bonchev–Trinajstić information content (AvgIpc) is 3.15. The van der Waals surface area contributed by atoms with Crippen molar-refractivity contribution in [2.45, 2.75) is 6.54 Å². The van der Waals surface area contributed by atoms with Gasteiger partial charge in [-0.05, 0) is 30.3 Å². The molecular formula is C21H13F3N4O. The quantitative estimate of drug-likeness (QED) is 0.527. The van der Waals surface area contributed by atoms with Crippen molar-refractivity contribution in [2.24, 2.45) is 0 Å². The summed E-state index contributed by atoms with van der Waals surface area (Å²) in [6, 6.07) is 9.69. The van der Waals surface area contributed by atoms with Crippen molar-refractivity contribution in [1.29, 1.82) is 5.26 Å². The molecule has 2 heterocycles. The van der Waals surface area contributed by atoms with Gasteiger partial charge in [0.1, 0.15) is 18.3 Å². The molecule has 144 valence electrons. The number of nitriles is 1. The monoisotopic (exact) mass is 394 g/mol. The molecule has 4 rings (SSSR count). The van der Waals surface area contributed by atoms with Crippen LogP contribution < -0.4 is 5.56 Å². The number of aromatic nitrogens is 3. The first kappa shape index (κ1) is 18.5. The highest BCUT2D eigenvalue weighted by molar-refractivity contribution is 5.76. The number of alkyl halides is 1. The van der Waals surface area contributed by atoms with Crippen LogP contribution in [0.4, 0.5) is 13.2 Å². The van der Waals surface area contributed by atoms with Crippen LogP contribution in [-0.2, 0) is 6.54 Å². The predicted octanol–water partition coefficient (Wildman–Crippen LogP) is 3.95. The Balaban J connectivity index is 1.88. The summed E-state index contributed by atoms with van der Waals surface area (Å²) in [5.74, 6) is -1.16. The number of hydrogen-bond donors (Lipinski definition) is 0. The number of halogens is 3. The Bertz CT molecular complexity index is 1330. The number of nitrogens with zero attached hydrogens (tertiary/aromatic N) is 4. The predicted molar refractivity (Wildman–Crippen MR) is 101 cm³/mol. The van der Waals surface area contributed by atoms with E-state index in [1.165, 1.54) is 45.6 Å². The average molecular weight is 394 g/mol. The first-order valence-electron chi connectivity index (χ1n) is 8.66. The van der Waals surface area contributed by atoms with Crippen LogP contribution >= 0.6 is 0 Å². The lowest BCUT2D eigenvalue weighted by molar-refractivity contribution is 0.440. The van der Waals surface area contributed by atoms with Crippen molar-refractivity contribution >= 4 is 5.65 Å². The molecule has 2 aromatic carbocycles. The standard InChI is InChI=1S/C21H13F3N4O/c22-5-6-27-7-8-28-19(12-26-20(28)21(27)29)13-1-4-18(24)17(10-13)16-3-2-15(23)9-14(16)11-25/h1-4,7-10,12H,5-6H2. The maximum absolute atomic E-state index is 14.5. The molecule has 0 aliphatic carbocycles. The van der Waals surface area contributed by atoms with Crippen LogP contribution in [-0.4, -0.2) is 20.6 Å². The van der Waals surface area contributed by atoms with Gasteiger partial charge in [-0.1, -0.05) is 6.07 Å². The maximum atomic E-state index is 14.5. The van der Waals surface area contributed by atoms with E-state index in [9.17, 15) is 23.2 Å². The molecule has 5 nitrogen and oxygen atoms in total. The summed E-state index contributed by atoms with van der Waals surface area (Å²) < 4.78 is 43.3. The number of rotatable bonds is 4. The lowest BCUT2D eigenvalue weighted by Crippen LogP contribution is -2.22. The van der Waals surface area contributed by atoms with Crippen LogP contribution in [0.25, 0.3) is 28.0 Å². The molecule has 0 fully saturated rings. The fourth-order valence-electron chi connectivity index (χ4n) is 3.23. The normalized spacial score (nSPS) is 11.0. The van der Waals surface area contributed by atoms with E-state index >= 15 is 0 Å². The zero-order valence-electron chi connectivity index (χ0n) is 14.9. The van der Waals surface area contributed by atoms with Crippen LogP contribution in [0.1, 0.15) is 5.56 Å². The minimum Gasteiger partial charge on any atom is -0.308 e. The van der Waals surface area contributed by atoms with Gasteiger partial charge in [-0.15, -0.1) is 0 Å². The van der Waals surface area contributed by atoms with E-state index in [-0.39, 0.29) is 28.9 Å². The van der Waals surface area contributed by atoms with Crippen LogP contribution in [0.3, 0.4) is 0 Å². The van der Waals surface area contributed by atoms with E-state index in [4.69, 9.17) is 0 Å². The third-order valence-corrected chi connectivity index (χ3v) is 4.62. The van der Waals surface area contributed by atoms with Gasteiger partial charge < -0.3 is 4.57 Å². The fourth-order valence-corrected chi connectivity index (χ4v) is 3.23. The first-order valence-corrected chi connectivity index (χ1v) is 8.66. The Morgan fingerprint density at radius 3 is 2.66 bits per heavy atom. The molecule has 29 heavy (non-hydrogen) atoms. The summed E-state index contributed by atoms with van der Waals surface area (Å²) in [7, 11) is 0. The van der Waals surface area contributed by atoms with Gasteiger partial charge in [0.2, 0.25) is 5.65 Å². The third-order valence-electron chi connectivity index (χ3n) is 4.62. The largest absolute Gasteiger partial charge is 0.308 e. The van der Waals surface area contributed by atoms with Crippen LogP contribution in [0, 0.1) is 23.0 Å². The summed E-state index contributed by atoms with van der Waals surface area (Å²) in [6.07, 6.45) is 4.50. The minimum absolute atomic E-state index is 0.00769. The highest BCUT2D eigenvalue weighted by Crippen LogP contribution is 2.31. The first-order chi connectivity index (χ1) is 14.0. The second-order valence-electron chi connectivity index (χ2n) is 6.32. The van der Waals surface area contributed by atoms with Crippen molar-refractivity contribution in [3.63, 3.8) is 0 Å². The molecule has 0 bridgehead atoms. The number of aryl methyl sites for hydroxylation is 1. The van der Waals surface area contributed by atoms with Crippen molar-refractivity contribution in [2.75, 3.05) is 6.67 Å². The minimum atomic E-state index is -0.677. The van der Waals surface area contributed by atoms with Gasteiger partial charge in [0.15, 0.2) is 0 Å². The van der Waals surface area contributed by atoms with Crippen molar-refractivity contribution in [3.8, 4) is 28.5 Å². The fraction of sp³-hybridized carbons (Fsp3) is 0.0952.